The Kier molecular flexibility index (Phi) is 5.05. The zero-order valence-electron chi connectivity index (χ0n) is 15.2. The highest BCUT2D eigenvalue weighted by Gasteiger charge is 2.12. The van der Waals surface area contributed by atoms with Gasteiger partial charge in [0.25, 0.3) is 0 Å². The van der Waals surface area contributed by atoms with Gasteiger partial charge in [0.05, 0.1) is 0 Å². The lowest BCUT2D eigenvalue weighted by atomic mass is 10.1. The number of benzene rings is 2. The van der Waals surface area contributed by atoms with Crippen molar-refractivity contribution in [2.24, 2.45) is 0 Å². The van der Waals surface area contributed by atoms with Crippen molar-refractivity contribution in [3.63, 3.8) is 0 Å². The second-order valence-electron chi connectivity index (χ2n) is 6.33. The molecule has 1 aliphatic rings. The SMILES string of the molecule is Cc1nc(NCCc2ccccc2)cc(Nc2ccc3c(c2)OCCO3)n1. The second kappa shape index (κ2) is 7.95. The summed E-state index contributed by atoms with van der Waals surface area (Å²) in [7, 11) is 0. The highest BCUT2D eigenvalue weighted by atomic mass is 16.6. The van der Waals surface area contributed by atoms with E-state index >= 15 is 0 Å². The summed E-state index contributed by atoms with van der Waals surface area (Å²) in [5.74, 6) is 3.77. The van der Waals surface area contributed by atoms with E-state index in [4.69, 9.17) is 9.47 Å². The third-order valence-electron chi connectivity index (χ3n) is 4.22. The molecular weight excluding hydrogens is 340 g/mol. The summed E-state index contributed by atoms with van der Waals surface area (Å²) in [5.41, 5.74) is 2.19. The van der Waals surface area contributed by atoms with Gasteiger partial charge >= 0.3 is 0 Å². The Morgan fingerprint density at radius 1 is 0.889 bits per heavy atom. The van der Waals surface area contributed by atoms with Gasteiger partial charge in [-0.25, -0.2) is 9.97 Å². The van der Waals surface area contributed by atoms with E-state index in [-0.39, 0.29) is 0 Å². The largest absolute Gasteiger partial charge is 0.486 e. The number of nitrogens with zero attached hydrogens (tertiary/aromatic N) is 2. The van der Waals surface area contributed by atoms with Gasteiger partial charge in [0, 0.05) is 24.4 Å². The minimum atomic E-state index is 0.568. The second-order valence-corrected chi connectivity index (χ2v) is 6.33. The molecule has 0 unspecified atom stereocenters. The van der Waals surface area contributed by atoms with Crippen LogP contribution in [0.15, 0.2) is 54.6 Å². The fraction of sp³-hybridized carbons (Fsp3) is 0.238. The summed E-state index contributed by atoms with van der Waals surface area (Å²) in [5, 5.41) is 6.69. The van der Waals surface area contributed by atoms with Crippen molar-refractivity contribution < 1.29 is 9.47 Å². The van der Waals surface area contributed by atoms with Crippen LogP contribution in [0.25, 0.3) is 0 Å². The lowest BCUT2D eigenvalue weighted by Crippen LogP contribution is -2.15. The molecule has 0 spiro atoms. The lowest BCUT2D eigenvalue weighted by Gasteiger charge is -2.19. The van der Waals surface area contributed by atoms with Crippen molar-refractivity contribution in [2.45, 2.75) is 13.3 Å². The minimum Gasteiger partial charge on any atom is -0.486 e. The summed E-state index contributed by atoms with van der Waals surface area (Å²) >= 11 is 0. The van der Waals surface area contributed by atoms with Gasteiger partial charge < -0.3 is 20.1 Å². The Labute approximate surface area is 158 Å². The quantitative estimate of drug-likeness (QED) is 0.692. The van der Waals surface area contributed by atoms with Gasteiger partial charge in [-0.15, -0.1) is 0 Å². The van der Waals surface area contributed by atoms with Gasteiger partial charge in [0.15, 0.2) is 11.5 Å². The van der Waals surface area contributed by atoms with Gasteiger partial charge in [-0.05, 0) is 31.0 Å². The van der Waals surface area contributed by atoms with E-state index in [2.05, 4.69) is 44.9 Å². The molecule has 4 rings (SSSR count). The highest BCUT2D eigenvalue weighted by Crippen LogP contribution is 2.33. The average molecular weight is 362 g/mol. The summed E-state index contributed by atoms with van der Waals surface area (Å²) < 4.78 is 11.2. The molecule has 2 heterocycles. The number of rotatable bonds is 6. The zero-order chi connectivity index (χ0) is 18.5. The summed E-state index contributed by atoms with van der Waals surface area (Å²) in [6.07, 6.45) is 0.939. The minimum absolute atomic E-state index is 0.568. The smallest absolute Gasteiger partial charge is 0.163 e. The Morgan fingerprint density at radius 3 is 2.52 bits per heavy atom. The molecule has 0 bridgehead atoms. The first kappa shape index (κ1) is 17.1. The van der Waals surface area contributed by atoms with Crippen LogP contribution in [0.4, 0.5) is 17.3 Å². The average Bonchev–Trinajstić information content (AvgIpc) is 2.68. The molecule has 0 atom stereocenters. The van der Waals surface area contributed by atoms with Crippen molar-refractivity contribution in [3.05, 3.63) is 66.0 Å². The molecule has 6 nitrogen and oxygen atoms in total. The molecule has 27 heavy (non-hydrogen) atoms. The van der Waals surface area contributed by atoms with Crippen molar-refractivity contribution in [3.8, 4) is 11.5 Å². The van der Waals surface area contributed by atoms with Crippen molar-refractivity contribution in [2.75, 3.05) is 30.4 Å². The van der Waals surface area contributed by atoms with E-state index in [1.807, 2.05) is 37.3 Å². The maximum Gasteiger partial charge on any atom is 0.163 e. The topological polar surface area (TPSA) is 68.3 Å². The van der Waals surface area contributed by atoms with Crippen LogP contribution in [-0.2, 0) is 6.42 Å². The molecule has 0 aliphatic carbocycles. The Hall–Kier alpha value is -3.28. The molecule has 0 saturated carbocycles. The number of anilines is 3. The maximum absolute atomic E-state index is 5.63. The third-order valence-corrected chi connectivity index (χ3v) is 4.22. The van der Waals surface area contributed by atoms with Gasteiger partial charge in [-0.2, -0.15) is 0 Å². The number of fused-ring (bicyclic) bond motifs is 1. The van der Waals surface area contributed by atoms with Crippen LogP contribution in [0.1, 0.15) is 11.4 Å². The fourth-order valence-corrected chi connectivity index (χ4v) is 2.97. The molecule has 1 aromatic heterocycles. The first-order valence-electron chi connectivity index (χ1n) is 9.06. The van der Waals surface area contributed by atoms with Crippen molar-refractivity contribution in [1.82, 2.24) is 9.97 Å². The lowest BCUT2D eigenvalue weighted by molar-refractivity contribution is 0.171. The first-order chi connectivity index (χ1) is 13.3. The Morgan fingerprint density at radius 2 is 1.67 bits per heavy atom. The summed E-state index contributed by atoms with van der Waals surface area (Å²) in [6, 6.07) is 18.1. The highest BCUT2D eigenvalue weighted by molar-refractivity contribution is 5.63. The molecule has 0 radical (unpaired) electrons. The van der Waals surface area contributed by atoms with Crippen LogP contribution in [0.3, 0.4) is 0 Å². The number of ether oxygens (including phenoxy) is 2. The van der Waals surface area contributed by atoms with E-state index in [1.54, 1.807) is 0 Å². The van der Waals surface area contributed by atoms with E-state index in [9.17, 15) is 0 Å². The monoisotopic (exact) mass is 362 g/mol. The van der Waals surface area contributed by atoms with Crippen molar-refractivity contribution >= 4 is 17.3 Å². The van der Waals surface area contributed by atoms with Crippen LogP contribution in [0, 0.1) is 6.92 Å². The molecule has 1 aliphatic heterocycles. The van der Waals surface area contributed by atoms with Crippen LogP contribution in [0.5, 0.6) is 11.5 Å². The van der Waals surface area contributed by atoms with Crippen LogP contribution >= 0.6 is 0 Å². The Balaban J connectivity index is 1.42. The molecule has 6 heteroatoms. The maximum atomic E-state index is 5.63. The Bertz CT molecular complexity index is 915. The number of hydrogen-bond donors (Lipinski definition) is 2. The van der Waals surface area contributed by atoms with E-state index in [1.165, 1.54) is 5.56 Å². The van der Waals surface area contributed by atoms with Crippen LogP contribution in [-0.4, -0.2) is 29.7 Å². The predicted octanol–water partition coefficient (Wildman–Crippen LogP) is 3.95. The van der Waals surface area contributed by atoms with Gasteiger partial charge in [0.1, 0.15) is 30.7 Å². The third kappa shape index (κ3) is 4.47. The van der Waals surface area contributed by atoms with E-state index in [0.29, 0.717) is 19.0 Å². The first-order valence-corrected chi connectivity index (χ1v) is 9.06. The van der Waals surface area contributed by atoms with Gasteiger partial charge in [-0.1, -0.05) is 30.3 Å². The summed E-state index contributed by atoms with van der Waals surface area (Å²) in [4.78, 5) is 8.94. The molecule has 2 aromatic carbocycles. The van der Waals surface area contributed by atoms with Crippen LogP contribution in [0.2, 0.25) is 0 Å². The fourth-order valence-electron chi connectivity index (χ4n) is 2.97. The van der Waals surface area contributed by atoms with E-state index in [0.717, 1.165) is 41.8 Å². The van der Waals surface area contributed by atoms with E-state index < -0.39 is 0 Å². The van der Waals surface area contributed by atoms with Gasteiger partial charge in [0.2, 0.25) is 0 Å². The normalized spacial score (nSPS) is 12.5. The summed E-state index contributed by atoms with van der Waals surface area (Å²) in [6.45, 7) is 3.85. The number of aromatic nitrogens is 2. The van der Waals surface area contributed by atoms with Crippen molar-refractivity contribution in [1.29, 1.82) is 0 Å². The molecule has 0 amide bonds. The molecule has 0 fully saturated rings. The number of aryl methyl sites for hydroxylation is 1. The van der Waals surface area contributed by atoms with Gasteiger partial charge in [-0.3, -0.25) is 0 Å². The predicted molar refractivity (Wildman–Crippen MR) is 106 cm³/mol. The molecule has 3 aromatic rings. The molecular formula is C21H22N4O2. The van der Waals surface area contributed by atoms with Crippen LogP contribution < -0.4 is 20.1 Å². The number of nitrogens with one attached hydrogen (secondary N) is 2. The molecule has 0 saturated heterocycles. The molecule has 2 N–H and O–H groups in total. The standard InChI is InChI=1S/C21H22N4O2/c1-15-23-20(22-10-9-16-5-3-2-4-6-16)14-21(24-15)25-17-7-8-18-19(13-17)27-12-11-26-18/h2-8,13-14H,9-12H2,1H3,(H2,22,23,24,25). The molecule has 138 valence electrons. The number of hydrogen-bond acceptors (Lipinski definition) is 6. The zero-order valence-corrected chi connectivity index (χ0v) is 15.2.